The number of carbonyl (C=O) groups excluding carboxylic acids is 1. The maximum absolute atomic E-state index is 9.85. The van der Waals surface area contributed by atoms with E-state index in [1.807, 2.05) is 0 Å². The van der Waals surface area contributed by atoms with E-state index in [2.05, 4.69) is 5.73 Å². The summed E-state index contributed by atoms with van der Waals surface area (Å²) in [5.41, 5.74) is 4.48. The molecule has 48 valence electrons. The summed E-state index contributed by atoms with van der Waals surface area (Å²) in [7, 11) is 0.975. The summed E-state index contributed by atoms with van der Waals surface area (Å²) in [5.74, 6) is 0. The molecule has 0 aliphatic carbocycles. The van der Waals surface area contributed by atoms with Crippen molar-refractivity contribution in [2.45, 2.75) is 0 Å². The van der Waals surface area contributed by atoms with E-state index >= 15 is 0 Å². The van der Waals surface area contributed by atoms with Crippen molar-refractivity contribution in [3.63, 3.8) is 0 Å². The minimum Gasteiger partial charge on any atom is -1.00 e. The zero-order valence-electron chi connectivity index (χ0n) is 6.20. The molecular weight excluding hydrogens is 137 g/mol. The number of amides is 2. The fourth-order valence-electron chi connectivity index (χ4n) is 0.0805. The van der Waals surface area contributed by atoms with Crippen LogP contribution in [0.2, 0.25) is 0 Å². The summed E-state index contributed by atoms with van der Waals surface area (Å²) in [6.45, 7) is 0. The van der Waals surface area contributed by atoms with Gasteiger partial charge in [-0.2, -0.15) is 0 Å². The molecule has 7 heteroatoms. The van der Waals surface area contributed by atoms with E-state index in [0.29, 0.717) is 0 Å². The van der Waals surface area contributed by atoms with Gasteiger partial charge in [-0.05, 0) is 5.01 Å². The number of nitrogens with zero attached hydrogens (tertiary/aromatic N) is 2. The molecule has 0 bridgehead atoms. The number of primary amides is 1. The van der Waals surface area contributed by atoms with Crippen LogP contribution >= 0.6 is 0 Å². The summed E-state index contributed by atoms with van der Waals surface area (Å²) in [5, 5.41) is 8.87. The SMILES string of the molecule is CN(C(N)=O)[N+](=O)[O-].[H-].[Na+]. The van der Waals surface area contributed by atoms with Crippen LogP contribution in [0.25, 0.3) is 0 Å². The molecule has 0 fully saturated rings. The second-order valence-corrected chi connectivity index (χ2v) is 1.10. The first-order valence-electron chi connectivity index (χ1n) is 1.73. The zero-order valence-corrected chi connectivity index (χ0v) is 7.20. The van der Waals surface area contributed by atoms with E-state index in [0.717, 1.165) is 7.05 Å². The van der Waals surface area contributed by atoms with Crippen LogP contribution in [-0.4, -0.2) is 23.1 Å². The molecule has 0 radical (unpaired) electrons. The third-order valence-electron chi connectivity index (χ3n) is 0.564. The first-order valence-corrected chi connectivity index (χ1v) is 1.73. The molecule has 0 spiro atoms. The number of hydrogen-bond acceptors (Lipinski definition) is 3. The number of urea groups is 1. The number of carbonyl (C=O) groups is 1. The molecule has 2 N–H and O–H groups in total. The number of hydrogen-bond donors (Lipinski definition) is 1. The van der Waals surface area contributed by atoms with Gasteiger partial charge in [-0.3, -0.25) is 0 Å². The number of nitrogens with two attached hydrogens (primary N) is 1. The van der Waals surface area contributed by atoms with Crippen molar-refractivity contribution in [2.24, 2.45) is 5.73 Å². The van der Waals surface area contributed by atoms with E-state index in [1.54, 1.807) is 0 Å². The van der Waals surface area contributed by atoms with Crippen molar-refractivity contribution < 1.29 is 40.8 Å². The molecule has 0 atom stereocenters. The number of rotatable bonds is 1. The van der Waals surface area contributed by atoms with Crippen molar-refractivity contribution in [1.29, 1.82) is 0 Å². The van der Waals surface area contributed by atoms with Gasteiger partial charge in [0.15, 0.2) is 5.03 Å². The maximum Gasteiger partial charge on any atom is 1.00 e. The van der Waals surface area contributed by atoms with Gasteiger partial charge in [-0.25, -0.2) is 14.9 Å². The molecule has 0 unspecified atom stereocenters. The Morgan fingerprint density at radius 1 is 1.89 bits per heavy atom. The Labute approximate surface area is 74.9 Å². The van der Waals surface area contributed by atoms with E-state index in [1.165, 1.54) is 0 Å². The van der Waals surface area contributed by atoms with Crippen molar-refractivity contribution in [1.82, 2.24) is 5.01 Å². The summed E-state index contributed by atoms with van der Waals surface area (Å²) in [6, 6.07) is -1.07. The van der Waals surface area contributed by atoms with E-state index in [4.69, 9.17) is 0 Å². The monoisotopic (exact) mass is 143 g/mol. The molecule has 0 saturated heterocycles. The smallest absolute Gasteiger partial charge is 1.00 e. The Hall–Kier alpha value is -0.330. The summed E-state index contributed by atoms with van der Waals surface area (Å²) >= 11 is 0. The Morgan fingerprint density at radius 3 is 2.22 bits per heavy atom. The second-order valence-electron chi connectivity index (χ2n) is 1.10. The minimum absolute atomic E-state index is 0. The van der Waals surface area contributed by atoms with E-state index in [-0.39, 0.29) is 36.0 Å². The quantitative estimate of drug-likeness (QED) is 0.233. The van der Waals surface area contributed by atoms with Crippen molar-refractivity contribution in [2.75, 3.05) is 7.05 Å². The molecule has 0 rings (SSSR count). The Kier molecular flexibility index (Phi) is 5.78. The average molecular weight is 143 g/mol. The molecule has 2 amide bonds. The first kappa shape index (κ1) is 11.5. The Morgan fingerprint density at radius 2 is 2.22 bits per heavy atom. The molecular formula is C2H6N3NaO3. The van der Waals surface area contributed by atoms with Crippen LogP contribution in [0.4, 0.5) is 4.79 Å². The first-order chi connectivity index (χ1) is 3.55. The molecule has 6 nitrogen and oxygen atoms in total. The van der Waals surface area contributed by atoms with Gasteiger partial charge in [0.25, 0.3) is 0 Å². The van der Waals surface area contributed by atoms with Crippen LogP contribution in [0, 0.1) is 10.1 Å². The van der Waals surface area contributed by atoms with Gasteiger partial charge in [0, 0.05) is 0 Å². The minimum atomic E-state index is -1.07. The van der Waals surface area contributed by atoms with E-state index in [9.17, 15) is 14.9 Å². The third-order valence-corrected chi connectivity index (χ3v) is 0.564. The van der Waals surface area contributed by atoms with Gasteiger partial charge in [0.05, 0.1) is 7.05 Å². The van der Waals surface area contributed by atoms with Gasteiger partial charge < -0.3 is 7.16 Å². The number of hydrazine groups is 1. The van der Waals surface area contributed by atoms with Crippen LogP contribution in [0.15, 0.2) is 0 Å². The molecule has 0 aromatic carbocycles. The summed E-state index contributed by atoms with van der Waals surface area (Å²) < 4.78 is 0. The van der Waals surface area contributed by atoms with Crippen LogP contribution in [0.3, 0.4) is 0 Å². The fourth-order valence-corrected chi connectivity index (χ4v) is 0.0805. The predicted octanol–water partition coefficient (Wildman–Crippen LogP) is -3.69. The van der Waals surface area contributed by atoms with Crippen LogP contribution in [0.1, 0.15) is 1.43 Å². The predicted molar refractivity (Wildman–Crippen MR) is 25.5 cm³/mol. The number of nitro groups is 1. The molecule has 0 aliphatic heterocycles. The topological polar surface area (TPSA) is 89.5 Å². The summed E-state index contributed by atoms with van der Waals surface area (Å²) in [4.78, 5) is 19.4. The van der Waals surface area contributed by atoms with Crippen LogP contribution in [0.5, 0.6) is 0 Å². The zero-order chi connectivity index (χ0) is 6.73. The van der Waals surface area contributed by atoms with Crippen molar-refractivity contribution in [3.8, 4) is 0 Å². The molecule has 0 saturated carbocycles. The maximum atomic E-state index is 9.85. The molecule has 9 heavy (non-hydrogen) atoms. The van der Waals surface area contributed by atoms with Gasteiger partial charge in [0.1, 0.15) is 0 Å². The fraction of sp³-hybridized carbons (Fsp3) is 0.500. The van der Waals surface area contributed by atoms with Gasteiger partial charge in [-0.1, -0.05) is 0 Å². The van der Waals surface area contributed by atoms with Gasteiger partial charge in [-0.15, -0.1) is 0 Å². The van der Waals surface area contributed by atoms with Crippen molar-refractivity contribution in [3.05, 3.63) is 10.1 Å². The van der Waals surface area contributed by atoms with Crippen LogP contribution < -0.4 is 35.3 Å². The largest absolute Gasteiger partial charge is 1.00 e. The standard InChI is InChI=1S/C2H5N3O3.Na.H/c1-4(2(3)6)5(7)8;;/h1H3,(H2,3,6);;/q;+1;-1. The van der Waals surface area contributed by atoms with Crippen LogP contribution in [-0.2, 0) is 0 Å². The average Bonchev–Trinajstić information content (AvgIpc) is 1.64. The second kappa shape index (κ2) is 4.54. The van der Waals surface area contributed by atoms with Gasteiger partial charge >= 0.3 is 35.6 Å². The third kappa shape index (κ3) is 4.19. The molecule has 0 heterocycles. The normalized spacial score (nSPS) is 7.22. The molecule has 0 aromatic heterocycles. The van der Waals surface area contributed by atoms with Gasteiger partial charge in [0.2, 0.25) is 0 Å². The van der Waals surface area contributed by atoms with Crippen molar-refractivity contribution >= 4 is 6.03 Å². The Balaban J connectivity index is -0.000000245. The Bertz CT molecular complexity index is 117. The molecule has 0 aromatic rings. The molecule has 0 aliphatic rings. The summed E-state index contributed by atoms with van der Waals surface area (Å²) in [6.07, 6.45) is 0. The van der Waals surface area contributed by atoms with E-state index < -0.39 is 11.1 Å².